The largest absolute Gasteiger partial charge is 0.379 e. The van der Waals surface area contributed by atoms with Gasteiger partial charge < -0.3 is 15.0 Å². The maximum absolute atomic E-state index is 6.28. The van der Waals surface area contributed by atoms with Gasteiger partial charge >= 0.3 is 0 Å². The number of nitrogens with one attached hydrogen (secondary N) is 1. The third kappa shape index (κ3) is 6.68. The van der Waals surface area contributed by atoms with Crippen LogP contribution in [0.4, 0.5) is 5.69 Å². The zero-order chi connectivity index (χ0) is 20.6. The summed E-state index contributed by atoms with van der Waals surface area (Å²) in [6, 6.07) is 14.5. The van der Waals surface area contributed by atoms with E-state index in [0.29, 0.717) is 0 Å². The van der Waals surface area contributed by atoms with Crippen molar-refractivity contribution in [2.75, 3.05) is 44.7 Å². The maximum Gasteiger partial charge on any atom is 0.173 e. The van der Waals surface area contributed by atoms with Crippen LogP contribution in [0.5, 0.6) is 0 Å². The molecular weight excluding hydrogens is 402 g/mol. The van der Waals surface area contributed by atoms with Gasteiger partial charge in [-0.1, -0.05) is 41.9 Å². The second kappa shape index (κ2) is 10.9. The highest BCUT2D eigenvalue weighted by Crippen LogP contribution is 2.21. The van der Waals surface area contributed by atoms with Crippen molar-refractivity contribution in [3.63, 3.8) is 0 Å². The van der Waals surface area contributed by atoms with Crippen LogP contribution in [0.25, 0.3) is 0 Å². The second-order valence-corrected chi connectivity index (χ2v) is 8.34. The molecule has 0 bridgehead atoms. The van der Waals surface area contributed by atoms with Crippen LogP contribution in [0.2, 0.25) is 5.02 Å². The number of thiocarbonyl (C=S) groups is 1. The molecule has 29 heavy (non-hydrogen) atoms. The van der Waals surface area contributed by atoms with Gasteiger partial charge in [0.05, 0.1) is 13.2 Å². The number of aryl methyl sites for hydroxylation is 2. The van der Waals surface area contributed by atoms with E-state index in [1.54, 1.807) is 0 Å². The van der Waals surface area contributed by atoms with Gasteiger partial charge in [-0.3, -0.25) is 4.90 Å². The fourth-order valence-corrected chi connectivity index (χ4v) is 3.88. The molecule has 0 spiro atoms. The number of hydrogen-bond acceptors (Lipinski definition) is 3. The molecule has 6 heteroatoms. The van der Waals surface area contributed by atoms with Crippen LogP contribution in [0.1, 0.15) is 23.1 Å². The minimum Gasteiger partial charge on any atom is -0.379 e. The Balaban J connectivity index is 1.65. The average Bonchev–Trinajstić information content (AvgIpc) is 2.72. The molecule has 156 valence electrons. The number of halogens is 1. The Labute approximate surface area is 184 Å². The zero-order valence-electron chi connectivity index (χ0n) is 17.3. The maximum atomic E-state index is 6.28. The van der Waals surface area contributed by atoms with Crippen LogP contribution in [0.15, 0.2) is 42.5 Å². The lowest BCUT2D eigenvalue weighted by molar-refractivity contribution is 0.0368. The molecule has 1 heterocycles. The molecule has 4 nitrogen and oxygen atoms in total. The summed E-state index contributed by atoms with van der Waals surface area (Å²) >= 11 is 12.1. The highest BCUT2D eigenvalue weighted by Gasteiger charge is 2.15. The SMILES string of the molecule is Cc1ccc(NC(=S)N(CCCN2CCOCC2)Cc2ccccc2C)cc1Cl. The fourth-order valence-electron chi connectivity index (χ4n) is 3.43. The first kappa shape index (κ1) is 22.0. The molecule has 3 rings (SSSR count). The van der Waals surface area contributed by atoms with Crippen molar-refractivity contribution in [2.24, 2.45) is 0 Å². The highest BCUT2D eigenvalue weighted by atomic mass is 35.5. The summed E-state index contributed by atoms with van der Waals surface area (Å²) in [5.74, 6) is 0. The highest BCUT2D eigenvalue weighted by molar-refractivity contribution is 7.80. The summed E-state index contributed by atoms with van der Waals surface area (Å²) in [6.07, 6.45) is 1.06. The number of ether oxygens (including phenoxy) is 1. The summed E-state index contributed by atoms with van der Waals surface area (Å²) in [5, 5.41) is 4.86. The topological polar surface area (TPSA) is 27.7 Å². The molecule has 1 N–H and O–H groups in total. The van der Waals surface area contributed by atoms with E-state index in [9.17, 15) is 0 Å². The van der Waals surface area contributed by atoms with Gasteiger partial charge in [0.25, 0.3) is 0 Å². The number of nitrogens with zero attached hydrogens (tertiary/aromatic N) is 2. The molecule has 1 aliphatic heterocycles. The molecule has 1 fully saturated rings. The molecule has 1 saturated heterocycles. The summed E-state index contributed by atoms with van der Waals surface area (Å²) in [7, 11) is 0. The van der Waals surface area contributed by atoms with E-state index in [-0.39, 0.29) is 0 Å². The van der Waals surface area contributed by atoms with Crippen LogP contribution in [-0.2, 0) is 11.3 Å². The molecule has 0 amide bonds. The number of anilines is 1. The van der Waals surface area contributed by atoms with Crippen molar-refractivity contribution in [3.8, 4) is 0 Å². The Morgan fingerprint density at radius 1 is 1.14 bits per heavy atom. The second-order valence-electron chi connectivity index (χ2n) is 7.55. The smallest absolute Gasteiger partial charge is 0.173 e. The van der Waals surface area contributed by atoms with E-state index >= 15 is 0 Å². The molecule has 2 aromatic rings. The fraction of sp³-hybridized carbons (Fsp3) is 0.435. The Morgan fingerprint density at radius 2 is 1.90 bits per heavy atom. The van der Waals surface area contributed by atoms with Crippen molar-refractivity contribution >= 4 is 34.6 Å². The summed E-state index contributed by atoms with van der Waals surface area (Å²) in [5.41, 5.74) is 4.57. The van der Waals surface area contributed by atoms with E-state index in [2.05, 4.69) is 46.3 Å². The van der Waals surface area contributed by atoms with Crippen molar-refractivity contribution in [2.45, 2.75) is 26.8 Å². The predicted octanol–water partition coefficient (Wildman–Crippen LogP) is 4.88. The van der Waals surface area contributed by atoms with E-state index in [1.165, 1.54) is 11.1 Å². The van der Waals surface area contributed by atoms with Gasteiger partial charge in [0, 0.05) is 43.4 Å². The Kier molecular flexibility index (Phi) is 8.30. The molecule has 0 unspecified atom stereocenters. The lowest BCUT2D eigenvalue weighted by Gasteiger charge is -2.30. The Hall–Kier alpha value is -1.66. The van der Waals surface area contributed by atoms with Gasteiger partial charge in [0.1, 0.15) is 0 Å². The number of benzene rings is 2. The Bertz CT molecular complexity index is 824. The predicted molar refractivity (Wildman–Crippen MR) is 126 cm³/mol. The quantitative estimate of drug-likeness (QED) is 0.631. The van der Waals surface area contributed by atoms with Crippen LogP contribution in [0.3, 0.4) is 0 Å². The van der Waals surface area contributed by atoms with E-state index in [4.69, 9.17) is 28.6 Å². The monoisotopic (exact) mass is 431 g/mol. The normalized spacial score (nSPS) is 14.6. The van der Waals surface area contributed by atoms with Crippen LogP contribution >= 0.6 is 23.8 Å². The van der Waals surface area contributed by atoms with Gasteiger partial charge in [-0.15, -0.1) is 0 Å². The molecule has 0 saturated carbocycles. The van der Waals surface area contributed by atoms with Crippen molar-refractivity contribution < 1.29 is 4.74 Å². The minimum atomic E-state index is 0.732. The Morgan fingerprint density at radius 3 is 2.62 bits per heavy atom. The lowest BCUT2D eigenvalue weighted by Crippen LogP contribution is -2.40. The zero-order valence-corrected chi connectivity index (χ0v) is 18.9. The van der Waals surface area contributed by atoms with Gasteiger partial charge in [0.15, 0.2) is 5.11 Å². The van der Waals surface area contributed by atoms with Crippen molar-refractivity contribution in [3.05, 3.63) is 64.2 Å². The number of rotatable bonds is 7. The van der Waals surface area contributed by atoms with Crippen LogP contribution in [0, 0.1) is 13.8 Å². The number of morpholine rings is 1. The minimum absolute atomic E-state index is 0.732. The first-order valence-corrected chi connectivity index (χ1v) is 11.0. The van der Waals surface area contributed by atoms with Crippen LogP contribution in [-0.4, -0.2) is 54.3 Å². The molecule has 0 aromatic heterocycles. The molecule has 1 aliphatic rings. The van der Waals surface area contributed by atoms with E-state index < -0.39 is 0 Å². The number of hydrogen-bond donors (Lipinski definition) is 1. The summed E-state index contributed by atoms with van der Waals surface area (Å²) in [6.45, 7) is 10.6. The molecule has 0 atom stereocenters. The summed E-state index contributed by atoms with van der Waals surface area (Å²) in [4.78, 5) is 4.72. The summed E-state index contributed by atoms with van der Waals surface area (Å²) < 4.78 is 5.45. The molecule has 2 aromatic carbocycles. The first-order valence-electron chi connectivity index (χ1n) is 10.2. The van der Waals surface area contributed by atoms with E-state index in [0.717, 1.165) is 73.7 Å². The first-order chi connectivity index (χ1) is 14.0. The van der Waals surface area contributed by atoms with E-state index in [1.807, 2.05) is 25.1 Å². The lowest BCUT2D eigenvalue weighted by atomic mass is 10.1. The molecule has 0 aliphatic carbocycles. The van der Waals surface area contributed by atoms with Gasteiger partial charge in [-0.2, -0.15) is 0 Å². The van der Waals surface area contributed by atoms with Gasteiger partial charge in [0.2, 0.25) is 0 Å². The standard InChI is InChI=1S/C23H30ClN3OS/c1-18-6-3-4-7-20(18)17-27(11-5-10-26-12-14-28-15-13-26)23(29)25-21-9-8-19(2)22(24)16-21/h3-4,6-9,16H,5,10-15,17H2,1-2H3,(H,25,29). The molecule has 0 radical (unpaired) electrons. The average molecular weight is 432 g/mol. The third-order valence-electron chi connectivity index (χ3n) is 5.34. The van der Waals surface area contributed by atoms with Crippen LogP contribution < -0.4 is 5.32 Å². The molecular formula is C23H30ClN3OS. The van der Waals surface area contributed by atoms with Gasteiger partial charge in [-0.05, 0) is 61.3 Å². The van der Waals surface area contributed by atoms with Gasteiger partial charge in [-0.25, -0.2) is 0 Å². The van der Waals surface area contributed by atoms with Crippen molar-refractivity contribution in [1.29, 1.82) is 0 Å². The van der Waals surface area contributed by atoms with Crippen molar-refractivity contribution in [1.82, 2.24) is 9.80 Å². The third-order valence-corrected chi connectivity index (χ3v) is 6.11.